The van der Waals surface area contributed by atoms with E-state index in [2.05, 4.69) is 9.97 Å². The standard InChI is InChI=1S/C22H23Cl2N5O3/c1-11-9-28(17-8-26-7-16-20(17)32-22(25)27-16)10-18(31-11)21(30)29-4-3-13-5-14(23)6-15(24)19(13)12(29)2/h5-8,11-12,18H,3-4,9-10H2,1-2H3,(H2,25,27)/t11-,12+,18-/m1/s1. The van der Waals surface area contributed by atoms with E-state index in [1.165, 1.54) is 0 Å². The highest BCUT2D eigenvalue weighted by molar-refractivity contribution is 6.35. The third kappa shape index (κ3) is 3.66. The summed E-state index contributed by atoms with van der Waals surface area (Å²) in [5.41, 5.74) is 9.65. The minimum absolute atomic E-state index is 0.0667. The van der Waals surface area contributed by atoms with Gasteiger partial charge in [0.05, 0.1) is 31.1 Å². The minimum Gasteiger partial charge on any atom is -0.421 e. The van der Waals surface area contributed by atoms with E-state index in [0.29, 0.717) is 47.2 Å². The molecule has 4 heterocycles. The van der Waals surface area contributed by atoms with E-state index in [0.717, 1.165) is 16.8 Å². The first-order chi connectivity index (χ1) is 15.3. The molecule has 5 rings (SSSR count). The summed E-state index contributed by atoms with van der Waals surface area (Å²) in [5.74, 6) is -0.0667. The first-order valence-corrected chi connectivity index (χ1v) is 11.3. The molecule has 1 fully saturated rings. The number of benzene rings is 1. The second-order valence-corrected chi connectivity index (χ2v) is 9.16. The number of nitrogen functional groups attached to an aromatic ring is 1. The van der Waals surface area contributed by atoms with Crippen molar-refractivity contribution in [3.8, 4) is 0 Å². The SMILES string of the molecule is C[C@@H]1CN(c2cncc3nc(N)oc23)C[C@H](C(=O)N2CCc3cc(Cl)cc(Cl)c3[C@@H]2C)O1. The molecule has 1 saturated heterocycles. The molecule has 1 aromatic carbocycles. The van der Waals surface area contributed by atoms with Crippen LogP contribution >= 0.6 is 23.2 Å². The van der Waals surface area contributed by atoms with Crippen LogP contribution in [0.1, 0.15) is 31.0 Å². The predicted molar refractivity (Wildman–Crippen MR) is 123 cm³/mol. The van der Waals surface area contributed by atoms with E-state index in [9.17, 15) is 4.79 Å². The third-order valence-corrected chi connectivity index (χ3v) is 6.67. The summed E-state index contributed by atoms with van der Waals surface area (Å²) in [7, 11) is 0. The normalized spacial score (nSPS) is 23.4. The molecule has 0 radical (unpaired) electrons. The van der Waals surface area contributed by atoms with Crippen molar-refractivity contribution in [3.05, 3.63) is 45.7 Å². The van der Waals surface area contributed by atoms with Crippen molar-refractivity contribution in [2.24, 2.45) is 0 Å². The van der Waals surface area contributed by atoms with Crippen molar-refractivity contribution in [3.63, 3.8) is 0 Å². The first kappa shape index (κ1) is 21.3. The van der Waals surface area contributed by atoms with Crippen LogP contribution in [-0.2, 0) is 16.0 Å². The maximum Gasteiger partial charge on any atom is 0.293 e. The number of aromatic nitrogens is 2. The van der Waals surface area contributed by atoms with Crippen molar-refractivity contribution >= 4 is 51.9 Å². The van der Waals surface area contributed by atoms with Gasteiger partial charge in [0.2, 0.25) is 0 Å². The third-order valence-electron chi connectivity index (χ3n) is 6.14. The fourth-order valence-corrected chi connectivity index (χ4v) is 5.45. The Morgan fingerprint density at radius 3 is 2.84 bits per heavy atom. The molecule has 2 aromatic heterocycles. The van der Waals surface area contributed by atoms with Gasteiger partial charge in [0.1, 0.15) is 11.2 Å². The molecule has 3 atom stereocenters. The van der Waals surface area contributed by atoms with Crippen molar-refractivity contribution in [1.29, 1.82) is 0 Å². The fraction of sp³-hybridized carbons (Fsp3) is 0.409. The second kappa shape index (κ2) is 8.10. The fourth-order valence-electron chi connectivity index (χ4n) is 4.76. The van der Waals surface area contributed by atoms with Gasteiger partial charge >= 0.3 is 0 Å². The van der Waals surface area contributed by atoms with Crippen molar-refractivity contribution in [2.45, 2.75) is 38.5 Å². The zero-order chi connectivity index (χ0) is 22.6. The van der Waals surface area contributed by atoms with Gasteiger partial charge in [0.25, 0.3) is 11.9 Å². The van der Waals surface area contributed by atoms with Crippen LogP contribution in [0.5, 0.6) is 0 Å². The molecule has 168 valence electrons. The van der Waals surface area contributed by atoms with Gasteiger partial charge in [-0.15, -0.1) is 0 Å². The van der Waals surface area contributed by atoms with Gasteiger partial charge in [-0.2, -0.15) is 4.98 Å². The van der Waals surface area contributed by atoms with Gasteiger partial charge in [-0.05, 0) is 43.5 Å². The van der Waals surface area contributed by atoms with Crippen LogP contribution in [0.2, 0.25) is 10.0 Å². The van der Waals surface area contributed by atoms with Crippen LogP contribution < -0.4 is 10.6 Å². The Balaban J connectivity index is 1.41. The molecule has 0 bridgehead atoms. The monoisotopic (exact) mass is 475 g/mol. The van der Waals surface area contributed by atoms with E-state index in [-0.39, 0.29) is 24.1 Å². The molecule has 0 unspecified atom stereocenters. The summed E-state index contributed by atoms with van der Waals surface area (Å²) in [4.78, 5) is 25.9. The maximum absolute atomic E-state index is 13.6. The van der Waals surface area contributed by atoms with Gasteiger partial charge in [-0.1, -0.05) is 23.2 Å². The lowest BCUT2D eigenvalue weighted by Gasteiger charge is -2.42. The van der Waals surface area contributed by atoms with E-state index in [1.54, 1.807) is 18.5 Å². The average molecular weight is 476 g/mol. The summed E-state index contributed by atoms with van der Waals surface area (Å²) in [6.07, 6.45) is 3.20. The van der Waals surface area contributed by atoms with Gasteiger partial charge in [-0.3, -0.25) is 9.78 Å². The Bertz CT molecular complexity index is 1200. The van der Waals surface area contributed by atoms with Crippen LogP contribution in [0.4, 0.5) is 11.7 Å². The lowest BCUT2D eigenvalue weighted by atomic mass is 9.93. The summed E-state index contributed by atoms with van der Waals surface area (Å²) in [6.45, 7) is 5.47. The summed E-state index contributed by atoms with van der Waals surface area (Å²) in [5, 5.41) is 1.19. The lowest BCUT2D eigenvalue weighted by molar-refractivity contribution is -0.151. The number of ether oxygens (including phenoxy) is 1. The Hall–Kier alpha value is -2.55. The van der Waals surface area contributed by atoms with Crippen LogP contribution in [0.15, 0.2) is 28.9 Å². The highest BCUT2D eigenvalue weighted by Crippen LogP contribution is 2.38. The summed E-state index contributed by atoms with van der Waals surface area (Å²) in [6, 6.07) is 3.56. The topological polar surface area (TPSA) is 97.7 Å². The number of anilines is 2. The highest BCUT2D eigenvalue weighted by atomic mass is 35.5. The zero-order valence-corrected chi connectivity index (χ0v) is 19.2. The van der Waals surface area contributed by atoms with Crippen LogP contribution in [0.3, 0.4) is 0 Å². The molecule has 0 saturated carbocycles. The number of fused-ring (bicyclic) bond motifs is 2. The van der Waals surface area contributed by atoms with Crippen molar-refractivity contribution < 1.29 is 13.9 Å². The number of rotatable bonds is 2. The number of hydrogen-bond donors (Lipinski definition) is 1. The van der Waals surface area contributed by atoms with Gasteiger partial charge in [0.15, 0.2) is 11.7 Å². The van der Waals surface area contributed by atoms with E-state index < -0.39 is 6.10 Å². The lowest BCUT2D eigenvalue weighted by Crippen LogP contribution is -2.55. The van der Waals surface area contributed by atoms with Crippen molar-refractivity contribution in [2.75, 3.05) is 30.3 Å². The molecule has 2 N–H and O–H groups in total. The largest absolute Gasteiger partial charge is 0.421 e. The van der Waals surface area contributed by atoms with Gasteiger partial charge in [0, 0.05) is 23.1 Å². The van der Waals surface area contributed by atoms with Crippen LogP contribution in [0.25, 0.3) is 11.1 Å². The summed E-state index contributed by atoms with van der Waals surface area (Å²) >= 11 is 12.7. The molecular weight excluding hydrogens is 453 g/mol. The zero-order valence-electron chi connectivity index (χ0n) is 17.7. The Labute approximate surface area is 195 Å². The van der Waals surface area contributed by atoms with E-state index in [4.69, 9.17) is 38.1 Å². The van der Waals surface area contributed by atoms with Gasteiger partial charge in [-0.25, -0.2) is 0 Å². The van der Waals surface area contributed by atoms with Crippen molar-refractivity contribution in [1.82, 2.24) is 14.9 Å². The molecule has 0 aliphatic carbocycles. The average Bonchev–Trinajstić information content (AvgIpc) is 3.12. The quantitative estimate of drug-likeness (QED) is 0.600. The first-order valence-electron chi connectivity index (χ1n) is 10.5. The predicted octanol–water partition coefficient (Wildman–Crippen LogP) is 3.85. The smallest absolute Gasteiger partial charge is 0.293 e. The Morgan fingerprint density at radius 2 is 2.03 bits per heavy atom. The highest BCUT2D eigenvalue weighted by Gasteiger charge is 2.38. The molecule has 1 amide bonds. The number of carbonyl (C=O) groups excluding carboxylic acids is 1. The minimum atomic E-state index is -0.635. The number of amides is 1. The Kier molecular flexibility index (Phi) is 5.39. The molecule has 10 heteroatoms. The molecular formula is C22H23Cl2N5O3. The Morgan fingerprint density at radius 1 is 1.22 bits per heavy atom. The number of halogens is 2. The molecule has 2 aliphatic rings. The molecule has 2 aliphatic heterocycles. The number of nitrogens with zero attached hydrogens (tertiary/aromatic N) is 4. The number of pyridine rings is 1. The number of oxazole rings is 1. The number of nitrogens with two attached hydrogens (primary N) is 1. The molecule has 32 heavy (non-hydrogen) atoms. The number of carbonyl (C=O) groups is 1. The number of morpholine rings is 1. The maximum atomic E-state index is 13.6. The van der Waals surface area contributed by atoms with Crippen LogP contribution in [-0.4, -0.2) is 52.6 Å². The van der Waals surface area contributed by atoms with Crippen LogP contribution in [0, 0.1) is 0 Å². The molecule has 0 spiro atoms. The number of hydrogen-bond acceptors (Lipinski definition) is 7. The summed E-state index contributed by atoms with van der Waals surface area (Å²) < 4.78 is 11.7. The second-order valence-electron chi connectivity index (χ2n) is 8.32. The van der Waals surface area contributed by atoms with E-state index >= 15 is 0 Å². The van der Waals surface area contributed by atoms with E-state index in [1.807, 2.05) is 29.7 Å². The molecule has 3 aromatic rings. The molecule has 8 nitrogen and oxygen atoms in total. The van der Waals surface area contributed by atoms with Gasteiger partial charge < -0.3 is 24.7 Å².